The predicted molar refractivity (Wildman–Crippen MR) is 72.3 cm³/mol. The molecule has 1 aromatic carbocycles. The summed E-state index contributed by atoms with van der Waals surface area (Å²) in [6, 6.07) is 7.09. The van der Waals surface area contributed by atoms with Crippen LogP contribution in [0, 0.1) is 0 Å². The molecule has 0 aromatic heterocycles. The summed E-state index contributed by atoms with van der Waals surface area (Å²) in [5.74, 6) is -0.868. The quantitative estimate of drug-likeness (QED) is 0.877. The second-order valence-corrected chi connectivity index (χ2v) is 5.18. The van der Waals surface area contributed by atoms with Crippen molar-refractivity contribution in [1.29, 1.82) is 0 Å². The van der Waals surface area contributed by atoms with E-state index in [1.165, 1.54) is 0 Å². The van der Waals surface area contributed by atoms with Crippen LogP contribution in [0.4, 0.5) is 10.5 Å². The molecule has 1 aromatic rings. The summed E-state index contributed by atoms with van der Waals surface area (Å²) >= 11 is 0. The van der Waals surface area contributed by atoms with Gasteiger partial charge in [0.1, 0.15) is 5.60 Å². The van der Waals surface area contributed by atoms with Gasteiger partial charge in [-0.25, -0.2) is 4.79 Å². The number of aliphatic carboxylic acids is 1. The van der Waals surface area contributed by atoms with Gasteiger partial charge in [0.05, 0.1) is 0 Å². The van der Waals surface area contributed by atoms with E-state index in [4.69, 9.17) is 9.84 Å². The zero-order valence-electron chi connectivity index (χ0n) is 11.4. The van der Waals surface area contributed by atoms with Gasteiger partial charge in [-0.1, -0.05) is 18.2 Å². The number of benzene rings is 1. The van der Waals surface area contributed by atoms with Gasteiger partial charge in [-0.3, -0.25) is 10.1 Å². The monoisotopic (exact) mass is 265 g/mol. The first-order chi connectivity index (χ1) is 8.78. The Morgan fingerprint density at radius 3 is 2.47 bits per heavy atom. The maximum Gasteiger partial charge on any atom is 0.412 e. The van der Waals surface area contributed by atoms with Crippen molar-refractivity contribution in [3.8, 4) is 0 Å². The lowest BCUT2D eigenvalue weighted by Gasteiger charge is -2.20. The number of carbonyl (C=O) groups is 2. The fraction of sp³-hybridized carbons (Fsp3) is 0.429. The van der Waals surface area contributed by atoms with Crippen LogP contribution < -0.4 is 5.32 Å². The summed E-state index contributed by atoms with van der Waals surface area (Å²) in [6.45, 7) is 5.34. The molecule has 5 nitrogen and oxygen atoms in total. The van der Waals surface area contributed by atoms with Crippen molar-refractivity contribution >= 4 is 17.7 Å². The van der Waals surface area contributed by atoms with Crippen molar-refractivity contribution in [2.75, 3.05) is 5.32 Å². The molecule has 2 N–H and O–H groups in total. The molecule has 0 aliphatic heterocycles. The zero-order valence-corrected chi connectivity index (χ0v) is 11.4. The van der Waals surface area contributed by atoms with Crippen LogP contribution in [0.25, 0.3) is 0 Å². The van der Waals surface area contributed by atoms with Gasteiger partial charge in [0.25, 0.3) is 0 Å². The summed E-state index contributed by atoms with van der Waals surface area (Å²) in [4.78, 5) is 22.3. The number of para-hydroxylation sites is 1. The highest BCUT2D eigenvalue weighted by Gasteiger charge is 2.17. The first-order valence-corrected chi connectivity index (χ1v) is 6.07. The molecule has 0 saturated heterocycles. The van der Waals surface area contributed by atoms with Gasteiger partial charge >= 0.3 is 12.1 Å². The standard InChI is InChI=1S/C14H19NO4/c1-14(2,3)19-13(18)15-11-7-5-4-6-10(11)8-9-12(16)17/h4-7H,8-9H2,1-3H3,(H,15,18)(H,16,17). The number of anilines is 1. The van der Waals surface area contributed by atoms with Crippen LogP contribution in [0.15, 0.2) is 24.3 Å². The topological polar surface area (TPSA) is 75.6 Å². The molecule has 5 heteroatoms. The molecule has 0 spiro atoms. The highest BCUT2D eigenvalue weighted by molar-refractivity contribution is 5.86. The molecule has 0 atom stereocenters. The largest absolute Gasteiger partial charge is 0.481 e. The number of hydrogen-bond donors (Lipinski definition) is 2. The fourth-order valence-corrected chi connectivity index (χ4v) is 1.52. The number of ether oxygens (including phenoxy) is 1. The van der Waals surface area contributed by atoms with E-state index < -0.39 is 17.7 Å². The number of carboxylic acid groups (broad SMARTS) is 1. The van der Waals surface area contributed by atoms with E-state index in [0.29, 0.717) is 12.1 Å². The van der Waals surface area contributed by atoms with Crippen LogP contribution >= 0.6 is 0 Å². The van der Waals surface area contributed by atoms with E-state index >= 15 is 0 Å². The van der Waals surface area contributed by atoms with Crippen molar-refractivity contribution in [1.82, 2.24) is 0 Å². The van der Waals surface area contributed by atoms with Gasteiger partial charge in [0.2, 0.25) is 0 Å². The molecular weight excluding hydrogens is 246 g/mol. The SMILES string of the molecule is CC(C)(C)OC(=O)Nc1ccccc1CCC(=O)O. The summed E-state index contributed by atoms with van der Waals surface area (Å²) in [5.41, 5.74) is 0.786. The predicted octanol–water partition coefficient (Wildman–Crippen LogP) is 3.05. The molecule has 0 aliphatic rings. The molecular formula is C14H19NO4. The Hall–Kier alpha value is -2.04. The number of aryl methyl sites for hydroxylation is 1. The molecule has 0 heterocycles. The van der Waals surface area contributed by atoms with Crippen LogP contribution in [-0.2, 0) is 16.0 Å². The van der Waals surface area contributed by atoms with Crippen molar-refractivity contribution in [2.45, 2.75) is 39.2 Å². The van der Waals surface area contributed by atoms with Crippen molar-refractivity contribution in [3.05, 3.63) is 29.8 Å². The Labute approximate surface area is 112 Å². The third-order valence-corrected chi connectivity index (χ3v) is 2.26. The van der Waals surface area contributed by atoms with E-state index in [9.17, 15) is 9.59 Å². The van der Waals surface area contributed by atoms with Gasteiger partial charge in [-0.2, -0.15) is 0 Å². The highest BCUT2D eigenvalue weighted by atomic mass is 16.6. The fourth-order valence-electron chi connectivity index (χ4n) is 1.52. The zero-order chi connectivity index (χ0) is 14.5. The summed E-state index contributed by atoms with van der Waals surface area (Å²) in [6.07, 6.45) is -0.163. The second-order valence-electron chi connectivity index (χ2n) is 5.18. The molecule has 0 fully saturated rings. The first kappa shape index (κ1) is 15.0. The van der Waals surface area contributed by atoms with Crippen molar-refractivity contribution in [3.63, 3.8) is 0 Å². The van der Waals surface area contributed by atoms with Gasteiger partial charge < -0.3 is 9.84 Å². The Morgan fingerprint density at radius 1 is 1.26 bits per heavy atom. The van der Waals surface area contributed by atoms with Gasteiger partial charge in [-0.05, 0) is 38.8 Å². The Morgan fingerprint density at radius 2 is 1.89 bits per heavy atom. The first-order valence-electron chi connectivity index (χ1n) is 6.07. The average Bonchev–Trinajstić information content (AvgIpc) is 2.25. The van der Waals surface area contributed by atoms with Gasteiger partial charge in [0.15, 0.2) is 0 Å². The number of nitrogens with one attached hydrogen (secondary N) is 1. The number of carbonyl (C=O) groups excluding carboxylic acids is 1. The molecule has 0 aliphatic carbocycles. The Balaban J connectivity index is 2.72. The summed E-state index contributed by atoms with van der Waals surface area (Å²) in [5, 5.41) is 11.3. The van der Waals surface area contributed by atoms with E-state index in [1.54, 1.807) is 45.0 Å². The minimum Gasteiger partial charge on any atom is -0.481 e. The lowest BCUT2D eigenvalue weighted by molar-refractivity contribution is -0.136. The Bertz CT molecular complexity index is 463. The van der Waals surface area contributed by atoms with Crippen molar-refractivity contribution < 1.29 is 19.4 Å². The maximum absolute atomic E-state index is 11.7. The summed E-state index contributed by atoms with van der Waals surface area (Å²) < 4.78 is 5.16. The average molecular weight is 265 g/mol. The highest BCUT2D eigenvalue weighted by Crippen LogP contribution is 2.18. The minimum absolute atomic E-state index is 0.0208. The smallest absolute Gasteiger partial charge is 0.412 e. The van der Waals surface area contributed by atoms with Crippen molar-refractivity contribution in [2.24, 2.45) is 0 Å². The third kappa shape index (κ3) is 5.90. The van der Waals surface area contributed by atoms with Crippen LogP contribution in [0.5, 0.6) is 0 Å². The molecule has 0 radical (unpaired) electrons. The second kappa shape index (κ2) is 6.22. The normalized spacial score (nSPS) is 10.9. The van der Waals surface area contributed by atoms with E-state index in [1.807, 2.05) is 0 Å². The van der Waals surface area contributed by atoms with Crippen LogP contribution in [0.1, 0.15) is 32.8 Å². The van der Waals surface area contributed by atoms with Crippen LogP contribution in [0.2, 0.25) is 0 Å². The molecule has 0 bridgehead atoms. The van der Waals surface area contributed by atoms with E-state index in [2.05, 4.69) is 5.32 Å². The lowest BCUT2D eigenvalue weighted by Crippen LogP contribution is -2.27. The maximum atomic E-state index is 11.7. The van der Waals surface area contributed by atoms with Gasteiger partial charge in [-0.15, -0.1) is 0 Å². The Kier molecular flexibility index (Phi) is 4.92. The lowest BCUT2D eigenvalue weighted by atomic mass is 10.1. The van der Waals surface area contributed by atoms with Gasteiger partial charge in [0, 0.05) is 12.1 Å². The molecule has 0 unspecified atom stereocenters. The molecule has 19 heavy (non-hydrogen) atoms. The van der Waals surface area contributed by atoms with Crippen LogP contribution in [0.3, 0.4) is 0 Å². The van der Waals surface area contributed by atoms with Crippen LogP contribution in [-0.4, -0.2) is 22.8 Å². The molecule has 104 valence electrons. The van der Waals surface area contributed by atoms with E-state index in [0.717, 1.165) is 5.56 Å². The number of carboxylic acids is 1. The van der Waals surface area contributed by atoms with E-state index in [-0.39, 0.29) is 6.42 Å². The number of amides is 1. The molecule has 1 rings (SSSR count). The summed E-state index contributed by atoms with van der Waals surface area (Å²) in [7, 11) is 0. The molecule has 0 saturated carbocycles. The number of rotatable bonds is 4. The third-order valence-electron chi connectivity index (χ3n) is 2.26. The minimum atomic E-state index is -0.868. The number of hydrogen-bond acceptors (Lipinski definition) is 3. The molecule has 1 amide bonds.